The smallest absolute Gasteiger partial charge is 0.253 e. The summed E-state index contributed by atoms with van der Waals surface area (Å²) in [5, 5.41) is 12.1. The van der Waals surface area contributed by atoms with E-state index in [1.54, 1.807) is 35.4 Å². The van der Waals surface area contributed by atoms with Gasteiger partial charge in [-0.3, -0.25) is 9.59 Å². The van der Waals surface area contributed by atoms with E-state index in [1.165, 1.54) is 6.20 Å². The standard InChI is InChI=1S/C21H22N6O2/c22-14-18-19(24-9-8-23-18)26-10-12-27(13-11-26)21(29)16-4-6-17(7-5-16)25-20(28)15-2-1-3-15/h4-9,15H,1-3,10-13H2,(H,25,28). The van der Waals surface area contributed by atoms with E-state index >= 15 is 0 Å². The van der Waals surface area contributed by atoms with Gasteiger partial charge in [0.2, 0.25) is 5.91 Å². The number of carbonyl (C=O) groups is 2. The number of rotatable bonds is 4. The summed E-state index contributed by atoms with van der Waals surface area (Å²) in [5.41, 5.74) is 1.61. The second kappa shape index (κ2) is 8.27. The zero-order valence-electron chi connectivity index (χ0n) is 16.0. The molecule has 2 amide bonds. The van der Waals surface area contributed by atoms with Crippen molar-refractivity contribution in [2.45, 2.75) is 19.3 Å². The van der Waals surface area contributed by atoms with Gasteiger partial charge in [0, 0.05) is 55.7 Å². The molecular formula is C21H22N6O2. The van der Waals surface area contributed by atoms with Crippen LogP contribution in [0.3, 0.4) is 0 Å². The van der Waals surface area contributed by atoms with Crippen LogP contribution in [0.25, 0.3) is 0 Å². The first-order valence-electron chi connectivity index (χ1n) is 9.82. The summed E-state index contributed by atoms with van der Waals surface area (Å²) in [5.74, 6) is 0.713. The predicted octanol–water partition coefficient (Wildman–Crippen LogP) is 2.05. The van der Waals surface area contributed by atoms with Gasteiger partial charge in [-0.1, -0.05) is 6.42 Å². The lowest BCUT2D eigenvalue weighted by molar-refractivity contribution is -0.122. The third-order valence-electron chi connectivity index (χ3n) is 5.53. The number of carbonyl (C=O) groups excluding carboxylic acids is 2. The first-order valence-corrected chi connectivity index (χ1v) is 9.82. The van der Waals surface area contributed by atoms with Gasteiger partial charge in [-0.15, -0.1) is 0 Å². The van der Waals surface area contributed by atoms with E-state index in [9.17, 15) is 14.9 Å². The molecule has 8 nitrogen and oxygen atoms in total. The van der Waals surface area contributed by atoms with Crippen molar-refractivity contribution < 1.29 is 9.59 Å². The van der Waals surface area contributed by atoms with Crippen LogP contribution in [-0.4, -0.2) is 52.9 Å². The van der Waals surface area contributed by atoms with E-state index in [-0.39, 0.29) is 17.7 Å². The maximum absolute atomic E-state index is 12.8. The Labute approximate surface area is 169 Å². The molecule has 2 aromatic rings. The minimum atomic E-state index is -0.0406. The van der Waals surface area contributed by atoms with Gasteiger partial charge in [0.15, 0.2) is 11.5 Å². The van der Waals surface area contributed by atoms with Gasteiger partial charge in [0.25, 0.3) is 5.91 Å². The fourth-order valence-electron chi connectivity index (χ4n) is 3.56. The molecule has 1 aromatic heterocycles. The van der Waals surface area contributed by atoms with E-state index in [0.717, 1.165) is 24.9 Å². The SMILES string of the molecule is N#Cc1nccnc1N1CCN(C(=O)c2ccc(NC(=O)C3CCC3)cc2)CC1. The molecule has 1 aliphatic heterocycles. The Hall–Kier alpha value is -3.47. The number of nitriles is 1. The van der Waals surface area contributed by atoms with Crippen molar-refractivity contribution in [1.82, 2.24) is 14.9 Å². The lowest BCUT2D eigenvalue weighted by Crippen LogP contribution is -2.49. The molecule has 148 valence electrons. The summed E-state index contributed by atoms with van der Waals surface area (Å²) >= 11 is 0. The van der Waals surface area contributed by atoms with Crippen LogP contribution in [0, 0.1) is 17.2 Å². The van der Waals surface area contributed by atoms with Crippen LogP contribution in [-0.2, 0) is 4.79 Å². The van der Waals surface area contributed by atoms with Gasteiger partial charge in [-0.25, -0.2) is 9.97 Å². The zero-order chi connectivity index (χ0) is 20.2. The van der Waals surface area contributed by atoms with E-state index in [2.05, 4.69) is 21.4 Å². The highest BCUT2D eigenvalue weighted by Crippen LogP contribution is 2.27. The number of nitrogens with zero attached hydrogens (tertiary/aromatic N) is 5. The first kappa shape index (κ1) is 18.9. The molecule has 8 heteroatoms. The fourth-order valence-corrected chi connectivity index (χ4v) is 3.56. The topological polar surface area (TPSA) is 102 Å². The van der Waals surface area contributed by atoms with Crippen molar-refractivity contribution in [3.8, 4) is 6.07 Å². The van der Waals surface area contributed by atoms with Gasteiger partial charge in [-0.05, 0) is 37.1 Å². The highest BCUT2D eigenvalue weighted by atomic mass is 16.2. The molecule has 2 aliphatic rings. The Bertz CT molecular complexity index is 940. The lowest BCUT2D eigenvalue weighted by Gasteiger charge is -2.35. The van der Waals surface area contributed by atoms with Crippen LogP contribution < -0.4 is 10.2 Å². The molecule has 0 radical (unpaired) electrons. The van der Waals surface area contributed by atoms with Gasteiger partial charge in [0.05, 0.1) is 0 Å². The normalized spacial score (nSPS) is 16.7. The van der Waals surface area contributed by atoms with Gasteiger partial charge in [-0.2, -0.15) is 5.26 Å². The number of hydrogen-bond acceptors (Lipinski definition) is 6. The number of nitrogens with one attached hydrogen (secondary N) is 1. The maximum Gasteiger partial charge on any atom is 0.253 e. The highest BCUT2D eigenvalue weighted by molar-refractivity contribution is 5.96. The Morgan fingerprint density at radius 3 is 2.34 bits per heavy atom. The molecule has 1 N–H and O–H groups in total. The maximum atomic E-state index is 12.8. The molecule has 0 bridgehead atoms. The fraction of sp³-hybridized carbons (Fsp3) is 0.381. The monoisotopic (exact) mass is 390 g/mol. The van der Waals surface area contributed by atoms with E-state index in [4.69, 9.17) is 0 Å². The van der Waals surface area contributed by atoms with Crippen LogP contribution in [0.1, 0.15) is 35.3 Å². The Kier molecular flexibility index (Phi) is 5.38. The molecule has 0 unspecified atom stereocenters. The van der Waals surface area contributed by atoms with E-state index in [0.29, 0.717) is 43.3 Å². The number of benzene rings is 1. The summed E-state index contributed by atoms with van der Waals surface area (Å²) in [6.07, 6.45) is 6.10. The Morgan fingerprint density at radius 1 is 1.03 bits per heavy atom. The van der Waals surface area contributed by atoms with E-state index < -0.39 is 0 Å². The third-order valence-corrected chi connectivity index (χ3v) is 5.53. The summed E-state index contributed by atoms with van der Waals surface area (Å²) in [6.45, 7) is 2.27. The molecular weight excluding hydrogens is 368 g/mol. The Morgan fingerprint density at radius 2 is 1.72 bits per heavy atom. The van der Waals surface area contributed by atoms with Gasteiger partial charge >= 0.3 is 0 Å². The molecule has 4 rings (SSSR count). The van der Waals surface area contributed by atoms with Crippen molar-refractivity contribution >= 4 is 23.3 Å². The van der Waals surface area contributed by atoms with Crippen molar-refractivity contribution in [1.29, 1.82) is 5.26 Å². The quantitative estimate of drug-likeness (QED) is 0.857. The number of piperazine rings is 1. The van der Waals surface area contributed by atoms with E-state index in [1.807, 2.05) is 4.90 Å². The third kappa shape index (κ3) is 4.04. The van der Waals surface area contributed by atoms with Crippen molar-refractivity contribution in [2.24, 2.45) is 5.92 Å². The largest absolute Gasteiger partial charge is 0.351 e. The molecule has 1 saturated heterocycles. The average Bonchev–Trinajstić information content (AvgIpc) is 2.72. The summed E-state index contributed by atoms with van der Waals surface area (Å²) < 4.78 is 0. The lowest BCUT2D eigenvalue weighted by atomic mass is 9.85. The molecule has 1 aliphatic carbocycles. The minimum absolute atomic E-state index is 0.0406. The molecule has 29 heavy (non-hydrogen) atoms. The number of hydrogen-bond donors (Lipinski definition) is 1. The first-order chi connectivity index (χ1) is 14.2. The molecule has 1 aromatic carbocycles. The minimum Gasteiger partial charge on any atom is -0.351 e. The number of amides is 2. The van der Waals surface area contributed by atoms with Crippen LogP contribution in [0.2, 0.25) is 0 Å². The van der Waals surface area contributed by atoms with Crippen LogP contribution in [0.5, 0.6) is 0 Å². The highest BCUT2D eigenvalue weighted by Gasteiger charge is 2.26. The summed E-state index contributed by atoms with van der Waals surface area (Å²) in [6, 6.07) is 9.12. The molecule has 2 heterocycles. The second-order valence-corrected chi connectivity index (χ2v) is 7.31. The van der Waals surface area contributed by atoms with Crippen molar-refractivity contribution in [3.05, 3.63) is 47.9 Å². The number of anilines is 2. The number of aromatic nitrogens is 2. The average molecular weight is 390 g/mol. The molecule has 0 spiro atoms. The molecule has 0 atom stereocenters. The predicted molar refractivity (Wildman–Crippen MR) is 107 cm³/mol. The zero-order valence-corrected chi connectivity index (χ0v) is 16.0. The molecule has 1 saturated carbocycles. The Balaban J connectivity index is 1.34. The summed E-state index contributed by atoms with van der Waals surface area (Å²) in [7, 11) is 0. The van der Waals surface area contributed by atoms with Crippen molar-refractivity contribution in [2.75, 3.05) is 36.4 Å². The van der Waals surface area contributed by atoms with Crippen LogP contribution in [0.4, 0.5) is 11.5 Å². The molecule has 2 fully saturated rings. The van der Waals surface area contributed by atoms with Gasteiger partial charge in [0.1, 0.15) is 6.07 Å². The van der Waals surface area contributed by atoms with Crippen LogP contribution >= 0.6 is 0 Å². The van der Waals surface area contributed by atoms with Crippen LogP contribution in [0.15, 0.2) is 36.7 Å². The van der Waals surface area contributed by atoms with Crippen molar-refractivity contribution in [3.63, 3.8) is 0 Å². The van der Waals surface area contributed by atoms with Gasteiger partial charge < -0.3 is 15.1 Å². The summed E-state index contributed by atoms with van der Waals surface area (Å²) in [4.78, 5) is 36.9. The second-order valence-electron chi connectivity index (χ2n) is 7.31.